The van der Waals surface area contributed by atoms with Crippen LogP contribution in [0.1, 0.15) is 62.4 Å². The van der Waals surface area contributed by atoms with Crippen LogP contribution in [0.3, 0.4) is 0 Å². The molecule has 1 aromatic heterocycles. The minimum atomic E-state index is 0.246. The number of likely N-dealkylation sites (tertiary alicyclic amines) is 1. The molecule has 140 valence electrons. The smallest absolute Gasteiger partial charge is 0.198 e. The molecule has 1 aliphatic heterocycles. The lowest BCUT2D eigenvalue weighted by Gasteiger charge is -2.37. The Morgan fingerprint density at radius 2 is 1.81 bits per heavy atom. The predicted molar refractivity (Wildman–Crippen MR) is 108 cm³/mol. The molecule has 3 unspecified atom stereocenters. The maximum absolute atomic E-state index is 13.4. The van der Waals surface area contributed by atoms with Crippen LogP contribution in [0.25, 0.3) is 10.9 Å². The van der Waals surface area contributed by atoms with E-state index in [1.807, 2.05) is 0 Å². The van der Waals surface area contributed by atoms with Crippen molar-refractivity contribution >= 4 is 10.9 Å². The van der Waals surface area contributed by atoms with Gasteiger partial charge in [0.1, 0.15) is 6.54 Å². The minimum absolute atomic E-state index is 0.246. The number of aromatic nitrogens is 1. The van der Waals surface area contributed by atoms with E-state index in [9.17, 15) is 4.79 Å². The van der Waals surface area contributed by atoms with E-state index in [1.165, 1.54) is 25.8 Å². The standard InChI is InChI=1S/C23H32N2O/c1-14-7-8-15(2)20-19(14)21(26)18(16(3)24-20)11-25-13-23(6)10-17(25)9-22(4,5)12-23/h7-8,17H,9-13H2,1-6H3,(H,24,26)/p+1. The van der Waals surface area contributed by atoms with Crippen LogP contribution < -0.4 is 10.3 Å². The third-order valence-corrected chi connectivity index (χ3v) is 6.97. The molecule has 2 heterocycles. The molecule has 2 aliphatic rings. The van der Waals surface area contributed by atoms with Crippen molar-refractivity contribution in [3.8, 4) is 0 Å². The van der Waals surface area contributed by atoms with Crippen molar-refractivity contribution in [2.75, 3.05) is 6.54 Å². The van der Waals surface area contributed by atoms with Gasteiger partial charge in [0, 0.05) is 29.3 Å². The summed E-state index contributed by atoms with van der Waals surface area (Å²) in [4.78, 5) is 18.6. The lowest BCUT2D eigenvalue weighted by Crippen LogP contribution is -3.12. The van der Waals surface area contributed by atoms with Gasteiger partial charge < -0.3 is 9.88 Å². The maximum Gasteiger partial charge on any atom is 0.198 e. The molecule has 2 fully saturated rings. The van der Waals surface area contributed by atoms with Crippen molar-refractivity contribution in [2.24, 2.45) is 10.8 Å². The Bertz CT molecular complexity index is 939. The Labute approximate surface area is 156 Å². The van der Waals surface area contributed by atoms with Crippen LogP contribution in [-0.4, -0.2) is 17.6 Å². The summed E-state index contributed by atoms with van der Waals surface area (Å²) in [6.45, 7) is 15.6. The molecule has 1 aromatic carbocycles. The first-order valence-electron chi connectivity index (χ1n) is 10.0. The molecule has 3 nitrogen and oxygen atoms in total. The van der Waals surface area contributed by atoms with Gasteiger partial charge in [0.2, 0.25) is 0 Å². The van der Waals surface area contributed by atoms with E-state index in [-0.39, 0.29) is 5.43 Å². The molecule has 2 bridgehead atoms. The molecule has 4 rings (SSSR count). The Morgan fingerprint density at radius 3 is 2.54 bits per heavy atom. The summed E-state index contributed by atoms with van der Waals surface area (Å²) < 4.78 is 0. The summed E-state index contributed by atoms with van der Waals surface area (Å²) in [5.74, 6) is 0. The monoisotopic (exact) mass is 353 g/mol. The second-order valence-electron chi connectivity index (χ2n) is 10.3. The van der Waals surface area contributed by atoms with Crippen LogP contribution in [0.4, 0.5) is 0 Å². The zero-order valence-corrected chi connectivity index (χ0v) is 17.2. The van der Waals surface area contributed by atoms with Crippen LogP contribution in [0.5, 0.6) is 0 Å². The van der Waals surface area contributed by atoms with Crippen molar-refractivity contribution in [2.45, 2.75) is 73.4 Å². The number of nitrogens with one attached hydrogen (secondary N) is 2. The van der Waals surface area contributed by atoms with Gasteiger partial charge >= 0.3 is 0 Å². The topological polar surface area (TPSA) is 37.3 Å². The van der Waals surface area contributed by atoms with Crippen molar-refractivity contribution in [1.29, 1.82) is 0 Å². The summed E-state index contributed by atoms with van der Waals surface area (Å²) in [5.41, 5.74) is 6.40. The average Bonchev–Trinajstić information content (AvgIpc) is 2.75. The van der Waals surface area contributed by atoms with Crippen LogP contribution in [0.15, 0.2) is 16.9 Å². The molecule has 1 saturated carbocycles. The minimum Gasteiger partial charge on any atom is -0.358 e. The van der Waals surface area contributed by atoms with Crippen LogP contribution in [-0.2, 0) is 6.54 Å². The zero-order chi connectivity index (χ0) is 18.9. The highest BCUT2D eigenvalue weighted by atomic mass is 16.1. The Hall–Kier alpha value is -1.61. The highest BCUT2D eigenvalue weighted by Crippen LogP contribution is 2.47. The van der Waals surface area contributed by atoms with E-state index in [4.69, 9.17) is 0 Å². The van der Waals surface area contributed by atoms with E-state index < -0.39 is 0 Å². The number of aryl methyl sites for hydroxylation is 3. The Morgan fingerprint density at radius 1 is 1.12 bits per heavy atom. The van der Waals surface area contributed by atoms with Crippen LogP contribution in [0, 0.1) is 31.6 Å². The fourth-order valence-electron chi connectivity index (χ4n) is 6.25. The van der Waals surface area contributed by atoms with Gasteiger partial charge in [-0.1, -0.05) is 32.9 Å². The molecule has 1 aliphatic carbocycles. The maximum atomic E-state index is 13.4. The van der Waals surface area contributed by atoms with Gasteiger partial charge in [-0.05, 0) is 43.7 Å². The molecule has 1 saturated heterocycles. The van der Waals surface area contributed by atoms with Gasteiger partial charge in [0.25, 0.3) is 0 Å². The lowest BCUT2D eigenvalue weighted by molar-refractivity contribution is -0.928. The largest absolute Gasteiger partial charge is 0.358 e. The summed E-state index contributed by atoms with van der Waals surface area (Å²) in [5, 5.41) is 0.888. The van der Waals surface area contributed by atoms with Gasteiger partial charge in [-0.2, -0.15) is 0 Å². The fourth-order valence-corrected chi connectivity index (χ4v) is 6.25. The van der Waals surface area contributed by atoms with Crippen molar-refractivity contribution < 1.29 is 4.90 Å². The number of hydrogen-bond acceptors (Lipinski definition) is 1. The van der Waals surface area contributed by atoms with Gasteiger partial charge in [0.15, 0.2) is 5.43 Å². The molecule has 0 amide bonds. The first-order valence-corrected chi connectivity index (χ1v) is 10.0. The quantitative estimate of drug-likeness (QED) is 0.853. The first kappa shape index (κ1) is 17.8. The Balaban J connectivity index is 1.75. The highest BCUT2D eigenvalue weighted by molar-refractivity contribution is 5.85. The fraction of sp³-hybridized carbons (Fsp3) is 0.609. The van der Waals surface area contributed by atoms with E-state index >= 15 is 0 Å². The first-order chi connectivity index (χ1) is 12.1. The third-order valence-electron chi connectivity index (χ3n) is 6.97. The summed E-state index contributed by atoms with van der Waals surface area (Å²) in [6, 6.07) is 4.87. The molecular weight excluding hydrogens is 320 g/mol. The van der Waals surface area contributed by atoms with Crippen LogP contribution >= 0.6 is 0 Å². The number of quaternary nitrogens is 1. The molecule has 0 spiro atoms. The van der Waals surface area contributed by atoms with Crippen LogP contribution in [0.2, 0.25) is 0 Å². The molecule has 2 aromatic rings. The number of rotatable bonds is 2. The molecular formula is C23H33N2O+. The number of fused-ring (bicyclic) bond motifs is 3. The zero-order valence-electron chi connectivity index (χ0n) is 17.2. The second-order valence-corrected chi connectivity index (χ2v) is 10.3. The SMILES string of the molecule is Cc1[nH]c2c(C)ccc(C)c2c(=O)c1C[NH+]1CC2(C)CC1CC(C)(C)C2. The van der Waals surface area contributed by atoms with Gasteiger partial charge in [-0.25, -0.2) is 0 Å². The Kier molecular flexibility index (Phi) is 3.89. The van der Waals surface area contributed by atoms with Gasteiger partial charge in [-0.15, -0.1) is 0 Å². The van der Waals surface area contributed by atoms with E-state index in [0.717, 1.165) is 39.8 Å². The molecule has 3 atom stereocenters. The number of benzene rings is 1. The third kappa shape index (κ3) is 2.81. The average molecular weight is 354 g/mol. The lowest BCUT2D eigenvalue weighted by atomic mass is 9.65. The molecule has 3 heteroatoms. The summed E-state index contributed by atoms with van der Waals surface area (Å²) in [6.07, 6.45) is 3.90. The molecule has 26 heavy (non-hydrogen) atoms. The van der Waals surface area contributed by atoms with E-state index in [1.54, 1.807) is 4.90 Å². The van der Waals surface area contributed by atoms with E-state index in [2.05, 4.69) is 58.7 Å². The highest BCUT2D eigenvalue weighted by Gasteiger charge is 2.52. The van der Waals surface area contributed by atoms with Crippen molar-refractivity contribution in [1.82, 2.24) is 4.98 Å². The second kappa shape index (κ2) is 5.69. The molecule has 0 radical (unpaired) electrons. The predicted octanol–water partition coefficient (Wildman–Crippen LogP) is 3.44. The number of hydrogen-bond donors (Lipinski definition) is 2. The molecule has 2 N–H and O–H groups in total. The van der Waals surface area contributed by atoms with E-state index in [0.29, 0.717) is 16.9 Å². The number of H-pyrrole nitrogens is 1. The summed E-state index contributed by atoms with van der Waals surface area (Å²) >= 11 is 0. The number of pyridine rings is 1. The van der Waals surface area contributed by atoms with Gasteiger partial charge in [-0.3, -0.25) is 4.79 Å². The number of aromatic amines is 1. The summed E-state index contributed by atoms with van der Waals surface area (Å²) in [7, 11) is 0. The van der Waals surface area contributed by atoms with Crippen molar-refractivity contribution in [3.05, 3.63) is 44.7 Å². The van der Waals surface area contributed by atoms with Gasteiger partial charge in [0.05, 0.1) is 23.7 Å². The normalized spacial score (nSPS) is 30.1. The van der Waals surface area contributed by atoms with Crippen molar-refractivity contribution in [3.63, 3.8) is 0 Å².